The number of hydrogen-bond acceptors (Lipinski definition) is 3. The Bertz CT molecular complexity index is 561. The third kappa shape index (κ3) is 2.39. The molecule has 0 saturated heterocycles. The largest absolute Gasteiger partial charge is 0.343 e. The van der Waals surface area contributed by atoms with Gasteiger partial charge in [-0.3, -0.25) is 9.10 Å². The fourth-order valence-corrected chi connectivity index (χ4v) is 3.68. The Morgan fingerprint density at radius 2 is 2.33 bits per heavy atom. The van der Waals surface area contributed by atoms with Crippen molar-refractivity contribution in [3.05, 3.63) is 35.5 Å². The molecule has 0 aliphatic rings. The molecule has 18 heavy (non-hydrogen) atoms. The molecule has 4 nitrogen and oxygen atoms in total. The lowest BCUT2D eigenvalue weighted by Crippen LogP contribution is -2.19. The summed E-state index contributed by atoms with van der Waals surface area (Å²) in [5.41, 5.74) is 1.38. The third-order valence-corrected chi connectivity index (χ3v) is 5.22. The molecule has 96 valence electrons. The average Bonchev–Trinajstić information content (AvgIpc) is 3.05. The normalized spacial score (nSPS) is 12.3. The van der Waals surface area contributed by atoms with Crippen LogP contribution in [0.15, 0.2) is 34.0 Å². The van der Waals surface area contributed by atoms with Crippen molar-refractivity contribution in [2.24, 2.45) is 0 Å². The minimum absolute atomic E-state index is 0.600. The summed E-state index contributed by atoms with van der Waals surface area (Å²) in [6, 6.07) is 5.47. The van der Waals surface area contributed by atoms with Crippen LogP contribution >= 0.6 is 11.3 Å². The van der Waals surface area contributed by atoms with E-state index in [1.807, 2.05) is 35.2 Å². The Hall–Kier alpha value is -1.40. The molecular weight excluding hydrogens is 268 g/mol. The molecule has 0 fully saturated rings. The Labute approximate surface area is 112 Å². The number of aromatic nitrogens is 1. The lowest BCUT2D eigenvalue weighted by Gasteiger charge is -2.14. The molecule has 0 aromatic carbocycles. The molecule has 2 heterocycles. The third-order valence-electron chi connectivity index (χ3n) is 2.66. The van der Waals surface area contributed by atoms with Crippen molar-refractivity contribution in [3.63, 3.8) is 0 Å². The highest BCUT2D eigenvalue weighted by atomic mass is 32.2. The van der Waals surface area contributed by atoms with E-state index in [1.54, 1.807) is 17.4 Å². The number of rotatable bonds is 5. The van der Waals surface area contributed by atoms with Gasteiger partial charge in [0.25, 0.3) is 0 Å². The van der Waals surface area contributed by atoms with E-state index in [4.69, 9.17) is 0 Å². The number of hydrogen-bond donors (Lipinski definition) is 0. The first-order valence-corrected chi connectivity index (χ1v) is 7.50. The predicted octanol–water partition coefficient (Wildman–Crippen LogP) is 2.54. The van der Waals surface area contributed by atoms with E-state index in [2.05, 4.69) is 0 Å². The molecule has 0 radical (unpaired) electrons. The van der Waals surface area contributed by atoms with E-state index >= 15 is 0 Å². The summed E-state index contributed by atoms with van der Waals surface area (Å²) in [4.78, 5) is 10.9. The summed E-state index contributed by atoms with van der Waals surface area (Å²) in [5, 5.41) is 1.90. The van der Waals surface area contributed by atoms with E-state index in [0.717, 1.165) is 16.2 Å². The Morgan fingerprint density at radius 1 is 1.56 bits per heavy atom. The van der Waals surface area contributed by atoms with Crippen molar-refractivity contribution in [3.8, 4) is 0 Å². The van der Waals surface area contributed by atoms with Gasteiger partial charge in [0.05, 0.1) is 11.4 Å². The van der Waals surface area contributed by atoms with Gasteiger partial charge in [-0.25, -0.2) is 4.21 Å². The molecular formula is C12H14N2O2S2. The summed E-state index contributed by atoms with van der Waals surface area (Å²) in [6.45, 7) is 2.68. The zero-order valence-corrected chi connectivity index (χ0v) is 11.8. The highest BCUT2D eigenvalue weighted by molar-refractivity contribution is 7.88. The zero-order valence-electron chi connectivity index (χ0n) is 10.2. The molecule has 6 heteroatoms. The summed E-state index contributed by atoms with van der Waals surface area (Å²) >= 11 is 1.46. The van der Waals surface area contributed by atoms with Crippen LogP contribution in [0.3, 0.4) is 0 Å². The number of aldehydes is 1. The van der Waals surface area contributed by atoms with Crippen molar-refractivity contribution < 1.29 is 9.00 Å². The quantitative estimate of drug-likeness (QED) is 0.791. The average molecular weight is 282 g/mol. The minimum atomic E-state index is -1.22. The Morgan fingerprint density at radius 3 is 2.83 bits per heavy atom. The number of thiophene rings is 1. The van der Waals surface area contributed by atoms with Crippen LogP contribution in [0.25, 0.3) is 0 Å². The Balaban J connectivity index is 2.28. The molecule has 0 aliphatic heterocycles. The molecule has 2 aromatic rings. The molecule has 0 N–H and O–H groups in total. The van der Waals surface area contributed by atoms with Gasteiger partial charge >= 0.3 is 0 Å². The van der Waals surface area contributed by atoms with Crippen LogP contribution in [-0.2, 0) is 17.5 Å². The van der Waals surface area contributed by atoms with Gasteiger partial charge in [0, 0.05) is 19.8 Å². The molecule has 2 aromatic heterocycles. The van der Waals surface area contributed by atoms with Gasteiger partial charge in [-0.05, 0) is 24.4 Å². The first-order valence-electron chi connectivity index (χ1n) is 5.51. The summed E-state index contributed by atoms with van der Waals surface area (Å²) in [5.74, 6) is 0. The molecule has 0 bridgehead atoms. The summed E-state index contributed by atoms with van der Waals surface area (Å²) in [7, 11) is 0.539. The second-order valence-corrected chi connectivity index (χ2v) is 6.40. The van der Waals surface area contributed by atoms with Gasteiger partial charge in [0.1, 0.15) is 4.21 Å². The number of anilines is 1. The van der Waals surface area contributed by atoms with Crippen LogP contribution in [-0.4, -0.2) is 22.1 Å². The van der Waals surface area contributed by atoms with Crippen LogP contribution in [0.5, 0.6) is 0 Å². The number of carbonyl (C=O) groups excluding carboxylic acids is 1. The van der Waals surface area contributed by atoms with Gasteiger partial charge in [-0.1, -0.05) is 6.07 Å². The van der Waals surface area contributed by atoms with Gasteiger partial charge in [-0.15, -0.1) is 11.3 Å². The Kier molecular flexibility index (Phi) is 3.98. The van der Waals surface area contributed by atoms with E-state index < -0.39 is 11.0 Å². The molecule has 0 saturated carbocycles. The van der Waals surface area contributed by atoms with E-state index in [-0.39, 0.29) is 0 Å². The minimum Gasteiger partial charge on any atom is -0.343 e. The first kappa shape index (κ1) is 13.0. The van der Waals surface area contributed by atoms with E-state index in [0.29, 0.717) is 12.2 Å². The van der Waals surface area contributed by atoms with Gasteiger partial charge in [0.2, 0.25) is 0 Å². The summed E-state index contributed by atoms with van der Waals surface area (Å²) in [6.07, 6.45) is 2.66. The van der Waals surface area contributed by atoms with Crippen LogP contribution in [0, 0.1) is 0 Å². The summed E-state index contributed by atoms with van der Waals surface area (Å²) < 4.78 is 16.6. The predicted molar refractivity (Wildman–Crippen MR) is 74.6 cm³/mol. The number of carbonyl (C=O) groups is 1. The number of nitrogens with zero attached hydrogens (tertiary/aromatic N) is 2. The fourth-order valence-electron chi connectivity index (χ4n) is 1.65. The van der Waals surface area contributed by atoms with Crippen LogP contribution in [0.4, 0.5) is 5.69 Å². The van der Waals surface area contributed by atoms with Gasteiger partial charge in [-0.2, -0.15) is 0 Å². The topological polar surface area (TPSA) is 42.3 Å². The SMILES string of the molecule is CCn1cc(N(C)S(=O)c2cccs2)cc1C=O. The maximum absolute atomic E-state index is 12.3. The van der Waals surface area contributed by atoms with Crippen LogP contribution in [0.2, 0.25) is 0 Å². The fraction of sp³-hybridized carbons (Fsp3) is 0.250. The van der Waals surface area contributed by atoms with Gasteiger partial charge < -0.3 is 4.57 Å². The zero-order chi connectivity index (χ0) is 13.1. The second kappa shape index (κ2) is 5.49. The molecule has 0 aliphatic carbocycles. The van der Waals surface area contributed by atoms with Crippen LogP contribution < -0.4 is 4.31 Å². The standard InChI is InChI=1S/C12H14N2O2S2/c1-3-14-8-10(7-11(14)9-15)13(2)18(16)12-5-4-6-17-12/h4-9H,3H2,1-2H3. The molecule has 1 atom stereocenters. The highest BCUT2D eigenvalue weighted by Gasteiger charge is 2.15. The first-order chi connectivity index (χ1) is 8.67. The van der Waals surface area contributed by atoms with Gasteiger partial charge in [0.15, 0.2) is 17.3 Å². The van der Waals surface area contributed by atoms with Crippen LogP contribution in [0.1, 0.15) is 17.4 Å². The van der Waals surface area contributed by atoms with Crippen molar-refractivity contribution in [1.29, 1.82) is 0 Å². The van der Waals surface area contributed by atoms with Crippen molar-refractivity contribution in [1.82, 2.24) is 4.57 Å². The molecule has 0 amide bonds. The maximum Gasteiger partial charge on any atom is 0.166 e. The molecule has 0 spiro atoms. The highest BCUT2D eigenvalue weighted by Crippen LogP contribution is 2.23. The lowest BCUT2D eigenvalue weighted by atomic mass is 10.4. The smallest absolute Gasteiger partial charge is 0.166 e. The molecule has 2 rings (SSSR count). The van der Waals surface area contributed by atoms with Crippen molar-refractivity contribution >= 4 is 34.3 Å². The number of aryl methyl sites for hydroxylation is 1. The van der Waals surface area contributed by atoms with E-state index in [1.165, 1.54) is 11.3 Å². The maximum atomic E-state index is 12.3. The monoisotopic (exact) mass is 282 g/mol. The van der Waals surface area contributed by atoms with Crippen molar-refractivity contribution in [2.75, 3.05) is 11.4 Å². The molecule has 1 unspecified atom stereocenters. The van der Waals surface area contributed by atoms with E-state index in [9.17, 15) is 9.00 Å². The van der Waals surface area contributed by atoms with Crippen molar-refractivity contribution in [2.45, 2.75) is 17.7 Å². The lowest BCUT2D eigenvalue weighted by molar-refractivity contribution is 0.111. The second-order valence-electron chi connectivity index (χ2n) is 3.71.